The van der Waals surface area contributed by atoms with Crippen LogP contribution in [0.25, 0.3) is 12.2 Å². The van der Waals surface area contributed by atoms with Crippen LogP contribution in [0.3, 0.4) is 0 Å². The van der Waals surface area contributed by atoms with Crippen LogP contribution in [0.4, 0.5) is 0 Å². The molecule has 0 bridgehead atoms. The number of hydrogen-bond acceptors (Lipinski definition) is 4. The van der Waals surface area contributed by atoms with E-state index in [0.29, 0.717) is 17.2 Å². The largest absolute Gasteiger partial charge is 0.493 e. The van der Waals surface area contributed by atoms with Crippen molar-refractivity contribution in [2.75, 3.05) is 21.3 Å². The molecule has 0 atom stereocenters. The molecular weight excluding hydrogens is 260 g/mol. The molecule has 100 valence electrons. The highest BCUT2D eigenvalue weighted by Crippen LogP contribution is 2.38. The van der Waals surface area contributed by atoms with Gasteiger partial charge in [-0.05, 0) is 40.1 Å². The fourth-order valence-corrected chi connectivity index (χ4v) is 2.39. The van der Waals surface area contributed by atoms with Gasteiger partial charge in [-0.2, -0.15) is 11.3 Å². The number of thiophene rings is 1. The van der Waals surface area contributed by atoms with Crippen molar-refractivity contribution in [1.29, 1.82) is 0 Å². The predicted molar refractivity (Wildman–Crippen MR) is 79.3 cm³/mol. The van der Waals surface area contributed by atoms with Crippen LogP contribution >= 0.6 is 11.3 Å². The van der Waals surface area contributed by atoms with E-state index in [1.165, 1.54) is 5.56 Å². The van der Waals surface area contributed by atoms with Crippen LogP contribution in [-0.2, 0) is 0 Å². The van der Waals surface area contributed by atoms with Gasteiger partial charge in [0.2, 0.25) is 5.75 Å². The van der Waals surface area contributed by atoms with Crippen LogP contribution < -0.4 is 14.2 Å². The third kappa shape index (κ3) is 3.09. The highest BCUT2D eigenvalue weighted by Gasteiger charge is 2.11. The molecule has 0 saturated heterocycles. The van der Waals surface area contributed by atoms with Gasteiger partial charge in [0.25, 0.3) is 0 Å². The van der Waals surface area contributed by atoms with E-state index >= 15 is 0 Å². The van der Waals surface area contributed by atoms with Gasteiger partial charge in [0.05, 0.1) is 21.3 Å². The molecule has 3 nitrogen and oxygen atoms in total. The Hall–Kier alpha value is -1.94. The molecule has 1 aromatic carbocycles. The first-order valence-corrected chi connectivity index (χ1v) is 6.73. The summed E-state index contributed by atoms with van der Waals surface area (Å²) in [5.74, 6) is 1.93. The molecule has 0 saturated carbocycles. The van der Waals surface area contributed by atoms with Crippen LogP contribution in [0.5, 0.6) is 17.2 Å². The molecule has 0 radical (unpaired) electrons. The molecule has 4 heteroatoms. The van der Waals surface area contributed by atoms with Crippen molar-refractivity contribution in [3.63, 3.8) is 0 Å². The Morgan fingerprint density at radius 1 is 0.895 bits per heavy atom. The van der Waals surface area contributed by atoms with Crippen molar-refractivity contribution in [3.05, 3.63) is 40.1 Å². The van der Waals surface area contributed by atoms with Crippen LogP contribution in [0.2, 0.25) is 0 Å². The van der Waals surface area contributed by atoms with E-state index in [1.807, 2.05) is 18.2 Å². The lowest BCUT2D eigenvalue weighted by Gasteiger charge is -2.12. The smallest absolute Gasteiger partial charge is 0.203 e. The normalized spacial score (nSPS) is 10.7. The molecule has 0 spiro atoms. The zero-order chi connectivity index (χ0) is 13.7. The van der Waals surface area contributed by atoms with Gasteiger partial charge in [-0.3, -0.25) is 0 Å². The molecule has 2 aromatic rings. The molecule has 0 N–H and O–H groups in total. The quantitative estimate of drug-likeness (QED) is 0.827. The Morgan fingerprint density at radius 2 is 1.53 bits per heavy atom. The van der Waals surface area contributed by atoms with E-state index in [4.69, 9.17) is 14.2 Å². The molecule has 0 unspecified atom stereocenters. The molecule has 0 aliphatic carbocycles. The SMILES string of the molecule is COc1cc(/C=C/c2ccsc2)cc(OC)c1OC. The summed E-state index contributed by atoms with van der Waals surface area (Å²) in [6, 6.07) is 5.91. The molecule has 0 aliphatic heterocycles. The molecule has 19 heavy (non-hydrogen) atoms. The van der Waals surface area contributed by atoms with Gasteiger partial charge in [0, 0.05) is 0 Å². The minimum Gasteiger partial charge on any atom is -0.493 e. The van der Waals surface area contributed by atoms with E-state index in [0.717, 1.165) is 5.56 Å². The second kappa shape index (κ2) is 6.29. The summed E-state index contributed by atoms with van der Waals surface area (Å²) in [4.78, 5) is 0. The summed E-state index contributed by atoms with van der Waals surface area (Å²) in [6.07, 6.45) is 4.07. The average molecular weight is 276 g/mol. The van der Waals surface area contributed by atoms with Crippen molar-refractivity contribution in [1.82, 2.24) is 0 Å². The van der Waals surface area contributed by atoms with Crippen molar-refractivity contribution < 1.29 is 14.2 Å². The number of methoxy groups -OCH3 is 3. The summed E-state index contributed by atoms with van der Waals surface area (Å²) in [7, 11) is 4.83. The van der Waals surface area contributed by atoms with Crippen molar-refractivity contribution in [2.45, 2.75) is 0 Å². The molecule has 0 fully saturated rings. The van der Waals surface area contributed by atoms with Gasteiger partial charge in [0.1, 0.15) is 0 Å². The number of hydrogen-bond donors (Lipinski definition) is 0. The van der Waals surface area contributed by atoms with E-state index < -0.39 is 0 Å². The van der Waals surface area contributed by atoms with Gasteiger partial charge in [0.15, 0.2) is 11.5 Å². The average Bonchev–Trinajstić information content (AvgIpc) is 2.97. The first-order chi connectivity index (χ1) is 9.28. The van der Waals surface area contributed by atoms with Crippen molar-refractivity contribution in [2.24, 2.45) is 0 Å². The standard InChI is InChI=1S/C15H16O3S/c1-16-13-8-12(5-4-11-6-7-19-10-11)9-14(17-2)15(13)18-3/h4-10H,1-3H3/b5-4+. The number of rotatable bonds is 5. The Labute approximate surface area is 117 Å². The number of ether oxygens (including phenoxy) is 3. The maximum absolute atomic E-state index is 5.32. The fraction of sp³-hybridized carbons (Fsp3) is 0.200. The zero-order valence-corrected chi connectivity index (χ0v) is 12.0. The van der Waals surface area contributed by atoms with Gasteiger partial charge < -0.3 is 14.2 Å². The Kier molecular flexibility index (Phi) is 4.47. The third-order valence-electron chi connectivity index (χ3n) is 2.70. The molecule has 1 aromatic heterocycles. The summed E-state index contributed by atoms with van der Waals surface area (Å²) in [6.45, 7) is 0. The van der Waals surface area contributed by atoms with Gasteiger partial charge in [-0.15, -0.1) is 0 Å². The van der Waals surface area contributed by atoms with Gasteiger partial charge in [-0.1, -0.05) is 12.2 Å². The second-order valence-electron chi connectivity index (χ2n) is 3.85. The predicted octanol–water partition coefficient (Wildman–Crippen LogP) is 3.94. The maximum atomic E-state index is 5.32. The highest BCUT2D eigenvalue weighted by atomic mass is 32.1. The highest BCUT2D eigenvalue weighted by molar-refractivity contribution is 7.08. The van der Waals surface area contributed by atoms with E-state index in [2.05, 4.69) is 22.9 Å². The fourth-order valence-electron chi connectivity index (χ4n) is 1.76. The van der Waals surface area contributed by atoms with E-state index in [-0.39, 0.29) is 0 Å². The summed E-state index contributed by atoms with van der Waals surface area (Å²) < 4.78 is 15.9. The lowest BCUT2D eigenvalue weighted by molar-refractivity contribution is 0.324. The van der Waals surface area contributed by atoms with Crippen molar-refractivity contribution >= 4 is 23.5 Å². The molecule has 0 amide bonds. The Balaban J connectivity index is 2.36. The first kappa shape index (κ1) is 13.5. The molecular formula is C15H16O3S. The third-order valence-corrected chi connectivity index (χ3v) is 3.40. The van der Waals surface area contributed by atoms with Gasteiger partial charge in [-0.25, -0.2) is 0 Å². The van der Waals surface area contributed by atoms with Crippen LogP contribution in [0.15, 0.2) is 29.0 Å². The molecule has 1 heterocycles. The Bertz CT molecular complexity index is 534. The Morgan fingerprint density at radius 3 is 2.00 bits per heavy atom. The van der Waals surface area contributed by atoms with Crippen LogP contribution in [0, 0.1) is 0 Å². The summed E-state index contributed by atoms with van der Waals surface area (Å²) in [5.41, 5.74) is 2.18. The second-order valence-corrected chi connectivity index (χ2v) is 4.63. The van der Waals surface area contributed by atoms with Crippen LogP contribution in [0.1, 0.15) is 11.1 Å². The zero-order valence-electron chi connectivity index (χ0n) is 11.2. The lowest BCUT2D eigenvalue weighted by atomic mass is 10.1. The van der Waals surface area contributed by atoms with Crippen LogP contribution in [-0.4, -0.2) is 21.3 Å². The number of benzene rings is 1. The maximum Gasteiger partial charge on any atom is 0.203 e. The van der Waals surface area contributed by atoms with E-state index in [9.17, 15) is 0 Å². The summed E-state index contributed by atoms with van der Waals surface area (Å²) in [5, 5.41) is 4.14. The minimum atomic E-state index is 0.609. The lowest BCUT2D eigenvalue weighted by Crippen LogP contribution is -1.95. The molecule has 2 rings (SSSR count). The topological polar surface area (TPSA) is 27.7 Å². The molecule has 0 aliphatic rings. The first-order valence-electron chi connectivity index (χ1n) is 5.78. The minimum absolute atomic E-state index is 0.609. The van der Waals surface area contributed by atoms with Gasteiger partial charge >= 0.3 is 0 Å². The van der Waals surface area contributed by atoms with E-state index in [1.54, 1.807) is 32.7 Å². The van der Waals surface area contributed by atoms with Crippen molar-refractivity contribution in [3.8, 4) is 17.2 Å². The summed E-state index contributed by atoms with van der Waals surface area (Å²) >= 11 is 1.68. The monoisotopic (exact) mass is 276 g/mol.